The fraction of sp³-hybridized carbons (Fsp3) is 0.167. The molecule has 13 heavy (non-hydrogen) atoms. The third-order valence-corrected chi connectivity index (χ3v) is 1.90. The second-order valence-corrected chi connectivity index (χ2v) is 2.85. The molecule has 1 nitrogen and oxygen atoms in total. The predicted octanol–water partition coefficient (Wildman–Crippen LogP) is 2.76. The molecule has 0 aliphatic heterocycles. The maximum absolute atomic E-state index is 7.00. The van der Waals surface area contributed by atoms with Crippen molar-refractivity contribution in [3.8, 4) is 0 Å². The molecular weight excluding hydrogens is 160 g/mol. The van der Waals surface area contributed by atoms with Gasteiger partial charge in [-0.15, -0.1) is 0 Å². The average molecular weight is 174 g/mol. The van der Waals surface area contributed by atoms with Crippen LogP contribution in [0.15, 0.2) is 42.5 Å². The Hall–Kier alpha value is -1.34. The van der Waals surface area contributed by atoms with E-state index >= 15 is 0 Å². The molecule has 0 heterocycles. The Balaban J connectivity index is 0.000000396. The van der Waals surface area contributed by atoms with E-state index in [0.717, 1.165) is 7.11 Å². The van der Waals surface area contributed by atoms with Crippen molar-refractivity contribution in [2.24, 2.45) is 0 Å². The van der Waals surface area contributed by atoms with Crippen LogP contribution in [0.4, 0.5) is 0 Å². The largest absolute Gasteiger partial charge is 0.400 e. The lowest BCUT2D eigenvalue weighted by Gasteiger charge is -1.96. The zero-order valence-corrected chi connectivity index (χ0v) is 7.99. The summed E-state index contributed by atoms with van der Waals surface area (Å²) in [5, 5.41) is 9.64. The van der Waals surface area contributed by atoms with Crippen LogP contribution in [-0.4, -0.2) is 12.2 Å². The second-order valence-electron chi connectivity index (χ2n) is 2.85. The molecule has 2 rings (SSSR count). The summed E-state index contributed by atoms with van der Waals surface area (Å²) in [6.45, 7) is 2.12. The maximum Gasteiger partial charge on any atom is 0.0319 e. The number of benzene rings is 2. The van der Waals surface area contributed by atoms with Crippen LogP contribution in [-0.2, 0) is 0 Å². The molecule has 0 aliphatic rings. The first kappa shape index (κ1) is 9.75. The molecule has 0 unspecified atom stereocenters. The highest BCUT2D eigenvalue weighted by Gasteiger charge is 1.89. The van der Waals surface area contributed by atoms with E-state index in [-0.39, 0.29) is 0 Å². The highest BCUT2D eigenvalue weighted by molar-refractivity contribution is 5.82. The smallest absolute Gasteiger partial charge is 0.0319 e. The Morgan fingerprint density at radius 3 is 2.15 bits per heavy atom. The van der Waals surface area contributed by atoms with E-state index in [0.29, 0.717) is 0 Å². The van der Waals surface area contributed by atoms with E-state index in [1.165, 1.54) is 16.3 Å². The lowest BCUT2D eigenvalue weighted by molar-refractivity contribution is 0.399. The molecule has 0 aliphatic carbocycles. The third-order valence-electron chi connectivity index (χ3n) is 1.90. The standard InChI is InChI=1S/C11H10.CH4O/c1-9-6-7-10-4-2-3-5-11(10)8-9;1-2/h2-8H,1H3;2H,1H3. The van der Waals surface area contributed by atoms with Gasteiger partial charge in [0.1, 0.15) is 0 Å². The Morgan fingerprint density at radius 1 is 0.846 bits per heavy atom. The fourth-order valence-electron chi connectivity index (χ4n) is 1.31. The lowest BCUT2D eigenvalue weighted by Crippen LogP contribution is -1.73. The van der Waals surface area contributed by atoms with E-state index < -0.39 is 0 Å². The minimum absolute atomic E-state index is 1.00. The molecular formula is C12H14O. The van der Waals surface area contributed by atoms with Crippen molar-refractivity contribution in [1.29, 1.82) is 0 Å². The van der Waals surface area contributed by atoms with Crippen LogP contribution in [0.5, 0.6) is 0 Å². The quantitative estimate of drug-likeness (QED) is 0.651. The van der Waals surface area contributed by atoms with Crippen molar-refractivity contribution in [2.75, 3.05) is 7.11 Å². The summed E-state index contributed by atoms with van der Waals surface area (Å²) in [6, 6.07) is 14.9. The summed E-state index contributed by atoms with van der Waals surface area (Å²) in [5.74, 6) is 0. The molecule has 0 aromatic heterocycles. The molecule has 1 heteroatoms. The average Bonchev–Trinajstić information content (AvgIpc) is 2.21. The van der Waals surface area contributed by atoms with Gasteiger partial charge in [0.25, 0.3) is 0 Å². The van der Waals surface area contributed by atoms with Gasteiger partial charge in [0.2, 0.25) is 0 Å². The van der Waals surface area contributed by atoms with Crippen LogP contribution in [0, 0.1) is 6.92 Å². The molecule has 0 saturated heterocycles. The van der Waals surface area contributed by atoms with Crippen LogP contribution < -0.4 is 0 Å². The van der Waals surface area contributed by atoms with E-state index in [1.807, 2.05) is 0 Å². The summed E-state index contributed by atoms with van der Waals surface area (Å²) in [4.78, 5) is 0. The summed E-state index contributed by atoms with van der Waals surface area (Å²) < 4.78 is 0. The van der Waals surface area contributed by atoms with Crippen molar-refractivity contribution in [2.45, 2.75) is 6.92 Å². The van der Waals surface area contributed by atoms with Crippen molar-refractivity contribution in [3.05, 3.63) is 48.0 Å². The molecule has 0 spiro atoms. The zero-order chi connectivity index (χ0) is 9.68. The highest BCUT2D eigenvalue weighted by Crippen LogP contribution is 2.14. The molecule has 0 radical (unpaired) electrons. The van der Waals surface area contributed by atoms with Crippen molar-refractivity contribution in [3.63, 3.8) is 0 Å². The maximum atomic E-state index is 7.00. The second kappa shape index (κ2) is 4.63. The first-order valence-corrected chi connectivity index (χ1v) is 4.26. The molecule has 0 saturated carbocycles. The van der Waals surface area contributed by atoms with E-state index in [4.69, 9.17) is 5.11 Å². The van der Waals surface area contributed by atoms with Gasteiger partial charge in [-0.3, -0.25) is 0 Å². The van der Waals surface area contributed by atoms with Gasteiger partial charge in [0.15, 0.2) is 0 Å². The molecule has 0 atom stereocenters. The number of aliphatic hydroxyl groups is 1. The number of aliphatic hydroxyl groups excluding tert-OH is 1. The van der Waals surface area contributed by atoms with Gasteiger partial charge in [-0.05, 0) is 17.7 Å². The fourth-order valence-corrected chi connectivity index (χ4v) is 1.31. The predicted molar refractivity (Wildman–Crippen MR) is 56.8 cm³/mol. The van der Waals surface area contributed by atoms with Crippen LogP contribution in [0.25, 0.3) is 10.8 Å². The summed E-state index contributed by atoms with van der Waals surface area (Å²) in [7, 11) is 1.00. The van der Waals surface area contributed by atoms with Crippen molar-refractivity contribution >= 4 is 10.8 Å². The van der Waals surface area contributed by atoms with Gasteiger partial charge < -0.3 is 5.11 Å². The van der Waals surface area contributed by atoms with Gasteiger partial charge in [0, 0.05) is 7.11 Å². The zero-order valence-electron chi connectivity index (χ0n) is 7.99. The van der Waals surface area contributed by atoms with Crippen LogP contribution >= 0.6 is 0 Å². The summed E-state index contributed by atoms with van der Waals surface area (Å²) >= 11 is 0. The molecule has 2 aromatic rings. The first-order valence-electron chi connectivity index (χ1n) is 4.26. The summed E-state index contributed by atoms with van der Waals surface area (Å²) in [6.07, 6.45) is 0. The molecule has 0 amide bonds. The highest BCUT2D eigenvalue weighted by atomic mass is 16.2. The van der Waals surface area contributed by atoms with Crippen molar-refractivity contribution < 1.29 is 5.11 Å². The van der Waals surface area contributed by atoms with Gasteiger partial charge in [-0.2, -0.15) is 0 Å². The Bertz CT molecular complexity index is 380. The Labute approximate surface area is 78.6 Å². The van der Waals surface area contributed by atoms with Gasteiger partial charge >= 0.3 is 0 Å². The summed E-state index contributed by atoms with van der Waals surface area (Å²) in [5.41, 5.74) is 1.32. The normalized spacial score (nSPS) is 9.15. The Kier molecular flexibility index (Phi) is 3.47. The van der Waals surface area contributed by atoms with E-state index in [1.54, 1.807) is 0 Å². The molecule has 1 N–H and O–H groups in total. The van der Waals surface area contributed by atoms with Gasteiger partial charge in [0.05, 0.1) is 0 Å². The van der Waals surface area contributed by atoms with Crippen LogP contribution in [0.2, 0.25) is 0 Å². The van der Waals surface area contributed by atoms with Gasteiger partial charge in [-0.1, -0.05) is 48.0 Å². The molecule has 2 aromatic carbocycles. The number of aryl methyl sites for hydroxylation is 1. The monoisotopic (exact) mass is 174 g/mol. The molecule has 68 valence electrons. The minimum Gasteiger partial charge on any atom is -0.400 e. The number of rotatable bonds is 0. The van der Waals surface area contributed by atoms with Crippen LogP contribution in [0.3, 0.4) is 0 Å². The first-order chi connectivity index (χ1) is 6.36. The number of fused-ring (bicyclic) bond motifs is 1. The van der Waals surface area contributed by atoms with E-state index in [2.05, 4.69) is 49.4 Å². The SMILES string of the molecule is CO.Cc1ccc2ccccc2c1. The lowest BCUT2D eigenvalue weighted by atomic mass is 10.1. The number of hydrogen-bond donors (Lipinski definition) is 1. The van der Waals surface area contributed by atoms with Crippen molar-refractivity contribution in [1.82, 2.24) is 0 Å². The third kappa shape index (κ3) is 2.30. The van der Waals surface area contributed by atoms with Gasteiger partial charge in [-0.25, -0.2) is 0 Å². The van der Waals surface area contributed by atoms with E-state index in [9.17, 15) is 0 Å². The molecule has 0 fully saturated rings. The topological polar surface area (TPSA) is 20.2 Å². The minimum atomic E-state index is 1.00. The number of hydrogen-bond acceptors (Lipinski definition) is 1. The molecule has 0 bridgehead atoms. The van der Waals surface area contributed by atoms with Crippen LogP contribution in [0.1, 0.15) is 5.56 Å². The Morgan fingerprint density at radius 2 is 1.46 bits per heavy atom.